The van der Waals surface area contributed by atoms with Gasteiger partial charge in [0.2, 0.25) is 0 Å². The Bertz CT molecular complexity index is 402. The van der Waals surface area contributed by atoms with Crippen LogP contribution in [-0.4, -0.2) is 24.0 Å². The first-order valence-corrected chi connectivity index (χ1v) is 6.97. The van der Waals surface area contributed by atoms with E-state index in [4.69, 9.17) is 5.73 Å². The van der Waals surface area contributed by atoms with Crippen molar-refractivity contribution in [3.63, 3.8) is 0 Å². The van der Waals surface area contributed by atoms with Crippen LogP contribution in [0.25, 0.3) is 0 Å². The molecule has 0 atom stereocenters. The lowest BCUT2D eigenvalue weighted by molar-refractivity contribution is 0.137. The zero-order valence-electron chi connectivity index (χ0n) is 12.2. The Balaban J connectivity index is 2.11. The van der Waals surface area contributed by atoms with E-state index in [0.717, 1.165) is 12.2 Å². The van der Waals surface area contributed by atoms with Crippen LogP contribution in [0.5, 0.6) is 0 Å². The second-order valence-electron chi connectivity index (χ2n) is 6.42. The number of nitrogens with zero attached hydrogens (tertiary/aromatic N) is 1. The van der Waals surface area contributed by atoms with Crippen LogP contribution in [-0.2, 0) is 5.41 Å². The van der Waals surface area contributed by atoms with Crippen molar-refractivity contribution in [2.45, 2.75) is 51.0 Å². The Kier molecular flexibility index (Phi) is 3.41. The average Bonchev–Trinajstić information content (AvgIpc) is 3.10. The predicted octanol–water partition coefficient (Wildman–Crippen LogP) is 3.42. The molecular weight excluding hydrogens is 220 g/mol. The first-order valence-electron chi connectivity index (χ1n) is 6.97. The van der Waals surface area contributed by atoms with Gasteiger partial charge in [0, 0.05) is 23.2 Å². The van der Waals surface area contributed by atoms with Gasteiger partial charge in [-0.05, 0) is 57.9 Å². The van der Waals surface area contributed by atoms with E-state index in [1.54, 1.807) is 0 Å². The highest BCUT2D eigenvalue weighted by molar-refractivity contribution is 5.43. The Labute approximate surface area is 111 Å². The van der Waals surface area contributed by atoms with Gasteiger partial charge < -0.3 is 10.6 Å². The largest absolute Gasteiger partial charge is 0.399 e. The minimum atomic E-state index is 0.281. The maximum absolute atomic E-state index is 5.77. The molecule has 0 bridgehead atoms. The van der Waals surface area contributed by atoms with Crippen LogP contribution in [0, 0.1) is 0 Å². The van der Waals surface area contributed by atoms with Crippen molar-refractivity contribution in [2.24, 2.45) is 0 Å². The van der Waals surface area contributed by atoms with Gasteiger partial charge in [0.15, 0.2) is 0 Å². The fraction of sp³-hybridized carbons (Fsp3) is 0.625. The number of hydrogen-bond donors (Lipinski definition) is 1. The molecule has 0 unspecified atom stereocenters. The summed E-state index contributed by atoms with van der Waals surface area (Å²) in [6, 6.07) is 8.46. The Morgan fingerprint density at radius 1 is 1.22 bits per heavy atom. The summed E-state index contributed by atoms with van der Waals surface area (Å²) in [5.74, 6) is 0. The third-order valence-electron chi connectivity index (χ3n) is 4.82. The van der Waals surface area contributed by atoms with Crippen LogP contribution in [0.4, 0.5) is 5.69 Å². The second-order valence-corrected chi connectivity index (χ2v) is 6.42. The molecule has 1 aliphatic rings. The maximum atomic E-state index is 5.77. The van der Waals surface area contributed by atoms with E-state index in [9.17, 15) is 0 Å². The van der Waals surface area contributed by atoms with Gasteiger partial charge >= 0.3 is 0 Å². The topological polar surface area (TPSA) is 29.3 Å². The quantitative estimate of drug-likeness (QED) is 0.807. The van der Waals surface area contributed by atoms with E-state index in [2.05, 4.69) is 44.9 Å². The highest BCUT2D eigenvalue weighted by Gasteiger charge is 2.46. The van der Waals surface area contributed by atoms with Gasteiger partial charge in [-0.3, -0.25) is 0 Å². The van der Waals surface area contributed by atoms with Crippen molar-refractivity contribution in [1.82, 2.24) is 4.90 Å². The molecule has 0 spiro atoms. The monoisotopic (exact) mass is 246 g/mol. The molecule has 2 N–H and O–H groups in total. The zero-order valence-corrected chi connectivity index (χ0v) is 12.2. The molecule has 0 saturated heterocycles. The number of rotatable bonds is 5. The minimum absolute atomic E-state index is 0.281. The molecule has 1 fully saturated rings. The number of anilines is 1. The number of nitrogen functional groups attached to an aromatic ring is 1. The van der Waals surface area contributed by atoms with Gasteiger partial charge in [-0.25, -0.2) is 0 Å². The summed E-state index contributed by atoms with van der Waals surface area (Å²) in [5.41, 5.74) is 8.75. The van der Waals surface area contributed by atoms with Gasteiger partial charge in [-0.1, -0.05) is 19.1 Å². The number of nitrogens with two attached hydrogens (primary N) is 1. The zero-order chi connectivity index (χ0) is 13.4. The van der Waals surface area contributed by atoms with Crippen LogP contribution in [0.3, 0.4) is 0 Å². The Morgan fingerprint density at radius 2 is 1.78 bits per heavy atom. The molecule has 0 aromatic heterocycles. The smallest absolute Gasteiger partial charge is 0.0314 e. The Hall–Kier alpha value is -1.02. The van der Waals surface area contributed by atoms with Crippen LogP contribution in [0.15, 0.2) is 24.3 Å². The fourth-order valence-corrected chi connectivity index (χ4v) is 2.46. The molecule has 0 heterocycles. The molecule has 2 heteroatoms. The van der Waals surface area contributed by atoms with Crippen molar-refractivity contribution < 1.29 is 0 Å². The summed E-state index contributed by atoms with van der Waals surface area (Å²) in [7, 11) is 2.25. The summed E-state index contributed by atoms with van der Waals surface area (Å²) in [6.07, 6.45) is 3.80. The van der Waals surface area contributed by atoms with Crippen LogP contribution in [0.2, 0.25) is 0 Å². The number of benzene rings is 1. The average molecular weight is 246 g/mol. The van der Waals surface area contributed by atoms with E-state index in [0.29, 0.717) is 5.41 Å². The lowest BCUT2D eigenvalue weighted by atomic mass is 9.92. The van der Waals surface area contributed by atoms with Crippen molar-refractivity contribution >= 4 is 5.69 Å². The molecule has 1 saturated carbocycles. The van der Waals surface area contributed by atoms with E-state index in [1.807, 2.05) is 12.1 Å². The van der Waals surface area contributed by atoms with E-state index in [-0.39, 0.29) is 5.54 Å². The molecule has 0 radical (unpaired) electrons. The van der Waals surface area contributed by atoms with Crippen molar-refractivity contribution in [1.29, 1.82) is 0 Å². The van der Waals surface area contributed by atoms with E-state index < -0.39 is 0 Å². The normalized spacial score (nSPS) is 18.1. The Morgan fingerprint density at radius 3 is 2.22 bits per heavy atom. The van der Waals surface area contributed by atoms with Gasteiger partial charge in [-0.15, -0.1) is 0 Å². The molecule has 18 heavy (non-hydrogen) atoms. The highest BCUT2D eigenvalue weighted by Crippen LogP contribution is 2.49. The predicted molar refractivity (Wildman–Crippen MR) is 78.8 cm³/mol. The van der Waals surface area contributed by atoms with Crippen LogP contribution >= 0.6 is 0 Å². The molecular formula is C16H26N2. The number of hydrogen-bond acceptors (Lipinski definition) is 2. The summed E-state index contributed by atoms with van der Waals surface area (Å²) in [6.45, 7) is 8.06. The molecule has 2 nitrogen and oxygen atoms in total. The number of likely N-dealkylation sites (N-methyl/N-ethyl adjacent to an activating group) is 1. The van der Waals surface area contributed by atoms with Crippen LogP contribution in [0.1, 0.15) is 45.6 Å². The maximum Gasteiger partial charge on any atom is 0.0314 e. The first kappa shape index (κ1) is 13.4. The molecule has 1 aromatic carbocycles. The lowest BCUT2D eigenvalue weighted by Gasteiger charge is -2.37. The third kappa shape index (κ3) is 2.54. The molecule has 1 aliphatic carbocycles. The van der Waals surface area contributed by atoms with Gasteiger partial charge in [-0.2, -0.15) is 0 Å². The molecule has 0 amide bonds. The standard InChI is InChI=1S/C16H26N2/c1-5-15(2,3)18(4)12-16(10-11-16)13-6-8-14(17)9-7-13/h6-9H,5,10-12,17H2,1-4H3. The summed E-state index contributed by atoms with van der Waals surface area (Å²) in [5, 5.41) is 0. The van der Waals surface area contributed by atoms with Crippen molar-refractivity contribution in [3.05, 3.63) is 29.8 Å². The molecule has 2 rings (SSSR count). The first-order chi connectivity index (χ1) is 8.39. The molecule has 100 valence electrons. The van der Waals surface area contributed by atoms with Crippen molar-refractivity contribution in [3.8, 4) is 0 Å². The fourth-order valence-electron chi connectivity index (χ4n) is 2.46. The van der Waals surface area contributed by atoms with E-state index >= 15 is 0 Å². The third-order valence-corrected chi connectivity index (χ3v) is 4.82. The highest BCUT2D eigenvalue weighted by atomic mass is 15.2. The van der Waals surface area contributed by atoms with E-state index in [1.165, 1.54) is 24.8 Å². The summed E-state index contributed by atoms with van der Waals surface area (Å²) >= 11 is 0. The second kappa shape index (κ2) is 4.58. The van der Waals surface area contributed by atoms with Gasteiger partial charge in [0.1, 0.15) is 0 Å². The molecule has 1 aromatic rings. The lowest BCUT2D eigenvalue weighted by Crippen LogP contribution is -2.44. The van der Waals surface area contributed by atoms with Gasteiger partial charge in [0.25, 0.3) is 0 Å². The van der Waals surface area contributed by atoms with Crippen LogP contribution < -0.4 is 5.73 Å². The summed E-state index contributed by atoms with van der Waals surface area (Å²) in [4.78, 5) is 2.51. The van der Waals surface area contributed by atoms with Crippen molar-refractivity contribution in [2.75, 3.05) is 19.3 Å². The SMILES string of the molecule is CCC(C)(C)N(C)CC1(c2ccc(N)cc2)CC1. The summed E-state index contributed by atoms with van der Waals surface area (Å²) < 4.78 is 0. The molecule has 0 aliphatic heterocycles. The minimum Gasteiger partial charge on any atom is -0.399 e. The van der Waals surface area contributed by atoms with Gasteiger partial charge in [0.05, 0.1) is 0 Å².